The fourth-order valence-corrected chi connectivity index (χ4v) is 4.45. The van der Waals surface area contributed by atoms with E-state index >= 15 is 0 Å². The summed E-state index contributed by atoms with van der Waals surface area (Å²) in [5.41, 5.74) is 1.96. The Bertz CT molecular complexity index is 1080. The van der Waals surface area contributed by atoms with Gasteiger partial charge in [0.1, 0.15) is 23.3 Å². The lowest BCUT2D eigenvalue weighted by Gasteiger charge is -2.33. The van der Waals surface area contributed by atoms with E-state index in [1.807, 2.05) is 18.2 Å². The predicted molar refractivity (Wildman–Crippen MR) is 130 cm³/mol. The van der Waals surface area contributed by atoms with Crippen LogP contribution in [-0.4, -0.2) is 41.0 Å². The third kappa shape index (κ3) is 6.18. The number of nitrogens with zero attached hydrogens (tertiary/aromatic N) is 3. The SMILES string of the molecule is CN(C)C1CCC(Nc2cc(-c3cccc(NCc4cc(F)cc(F)c4)n3)c(Cl)cn2)CC1. The maximum atomic E-state index is 13.4. The number of halogens is 3. The molecule has 2 heterocycles. The van der Waals surface area contributed by atoms with Crippen LogP contribution in [-0.2, 0) is 6.54 Å². The summed E-state index contributed by atoms with van der Waals surface area (Å²) in [6.45, 7) is 0.248. The van der Waals surface area contributed by atoms with Gasteiger partial charge in [-0.15, -0.1) is 0 Å². The van der Waals surface area contributed by atoms with Crippen LogP contribution in [0.25, 0.3) is 11.3 Å². The quantitative estimate of drug-likeness (QED) is 0.444. The smallest absolute Gasteiger partial charge is 0.126 e. The molecule has 1 fully saturated rings. The summed E-state index contributed by atoms with van der Waals surface area (Å²) in [6, 6.07) is 11.9. The van der Waals surface area contributed by atoms with Gasteiger partial charge in [-0.3, -0.25) is 0 Å². The van der Waals surface area contributed by atoms with Crippen molar-refractivity contribution < 1.29 is 8.78 Å². The first kappa shape index (κ1) is 23.4. The molecule has 1 aliphatic carbocycles. The van der Waals surface area contributed by atoms with E-state index in [4.69, 9.17) is 11.6 Å². The second-order valence-corrected chi connectivity index (χ2v) is 9.11. The van der Waals surface area contributed by atoms with Gasteiger partial charge < -0.3 is 15.5 Å². The van der Waals surface area contributed by atoms with Gasteiger partial charge in [-0.2, -0.15) is 0 Å². The minimum atomic E-state index is -0.604. The summed E-state index contributed by atoms with van der Waals surface area (Å²) >= 11 is 6.45. The maximum absolute atomic E-state index is 13.4. The first-order valence-corrected chi connectivity index (χ1v) is 11.5. The van der Waals surface area contributed by atoms with Crippen molar-refractivity contribution in [2.45, 2.75) is 44.3 Å². The van der Waals surface area contributed by atoms with Crippen LogP contribution >= 0.6 is 11.6 Å². The summed E-state index contributed by atoms with van der Waals surface area (Å²) in [7, 11) is 4.27. The van der Waals surface area contributed by atoms with Gasteiger partial charge in [-0.25, -0.2) is 18.7 Å². The molecule has 4 rings (SSSR count). The van der Waals surface area contributed by atoms with E-state index in [0.29, 0.717) is 34.2 Å². The van der Waals surface area contributed by atoms with Gasteiger partial charge in [0.15, 0.2) is 0 Å². The van der Waals surface area contributed by atoms with Crippen LogP contribution in [0.5, 0.6) is 0 Å². The number of benzene rings is 1. The molecule has 0 bridgehead atoms. The summed E-state index contributed by atoms with van der Waals surface area (Å²) in [6.07, 6.45) is 6.16. The van der Waals surface area contributed by atoms with Crippen LogP contribution in [0.4, 0.5) is 20.4 Å². The molecule has 1 aromatic carbocycles. The molecule has 2 N–H and O–H groups in total. The highest BCUT2D eigenvalue weighted by Crippen LogP contribution is 2.30. The van der Waals surface area contributed by atoms with E-state index in [2.05, 4.69) is 39.6 Å². The number of hydrogen-bond donors (Lipinski definition) is 2. The highest BCUT2D eigenvalue weighted by Gasteiger charge is 2.22. The normalized spacial score (nSPS) is 18.4. The Morgan fingerprint density at radius 3 is 2.42 bits per heavy atom. The molecule has 0 radical (unpaired) electrons. The average Bonchev–Trinajstić information content (AvgIpc) is 2.79. The largest absolute Gasteiger partial charge is 0.367 e. The number of pyridine rings is 2. The molecule has 5 nitrogen and oxygen atoms in total. The van der Waals surface area contributed by atoms with Crippen molar-refractivity contribution in [2.24, 2.45) is 0 Å². The fraction of sp³-hybridized carbons (Fsp3) is 0.360. The van der Waals surface area contributed by atoms with E-state index in [9.17, 15) is 8.78 Å². The zero-order chi connectivity index (χ0) is 23.4. The molecule has 2 aromatic heterocycles. The molecule has 1 saturated carbocycles. The first-order chi connectivity index (χ1) is 15.9. The second-order valence-electron chi connectivity index (χ2n) is 8.70. The van der Waals surface area contributed by atoms with Crippen LogP contribution in [0.3, 0.4) is 0 Å². The van der Waals surface area contributed by atoms with Gasteiger partial charge in [-0.05, 0) is 75.7 Å². The van der Waals surface area contributed by atoms with E-state index < -0.39 is 11.6 Å². The van der Waals surface area contributed by atoms with Crippen LogP contribution < -0.4 is 10.6 Å². The monoisotopic (exact) mass is 471 g/mol. The molecule has 1 aliphatic rings. The Kier molecular flexibility index (Phi) is 7.40. The lowest BCUT2D eigenvalue weighted by atomic mass is 9.90. The summed E-state index contributed by atoms with van der Waals surface area (Å²) in [4.78, 5) is 11.4. The number of anilines is 2. The second kappa shape index (κ2) is 10.4. The predicted octanol–water partition coefficient (Wildman–Crippen LogP) is 5.97. The van der Waals surface area contributed by atoms with Crippen molar-refractivity contribution in [2.75, 3.05) is 24.7 Å². The lowest BCUT2D eigenvalue weighted by molar-refractivity contribution is 0.221. The number of nitrogens with one attached hydrogen (secondary N) is 2. The van der Waals surface area contributed by atoms with Crippen molar-refractivity contribution in [3.8, 4) is 11.3 Å². The van der Waals surface area contributed by atoms with E-state index in [0.717, 1.165) is 43.1 Å². The standard InChI is InChI=1S/C25H28ClF2N5/c1-33(2)20-8-6-19(7-9-20)31-25-13-21(22(26)15-30-25)23-4-3-5-24(32-23)29-14-16-10-17(27)12-18(28)11-16/h3-5,10-13,15,19-20H,6-9,14H2,1-2H3,(H,29,32)(H,30,31). The topological polar surface area (TPSA) is 53.1 Å². The Labute approximate surface area is 198 Å². The Morgan fingerprint density at radius 2 is 1.73 bits per heavy atom. The van der Waals surface area contributed by atoms with Crippen molar-refractivity contribution in [3.63, 3.8) is 0 Å². The molecule has 0 unspecified atom stereocenters. The minimum absolute atomic E-state index is 0.248. The molecule has 8 heteroatoms. The highest BCUT2D eigenvalue weighted by atomic mass is 35.5. The molecule has 0 atom stereocenters. The van der Waals surface area contributed by atoms with Crippen molar-refractivity contribution in [1.82, 2.24) is 14.9 Å². The highest BCUT2D eigenvalue weighted by molar-refractivity contribution is 6.33. The third-order valence-electron chi connectivity index (χ3n) is 6.06. The average molecular weight is 472 g/mol. The Morgan fingerprint density at radius 1 is 1.00 bits per heavy atom. The van der Waals surface area contributed by atoms with Gasteiger partial charge in [0, 0.05) is 36.5 Å². The minimum Gasteiger partial charge on any atom is -0.367 e. The summed E-state index contributed by atoms with van der Waals surface area (Å²) < 4.78 is 26.9. The third-order valence-corrected chi connectivity index (χ3v) is 6.36. The van der Waals surface area contributed by atoms with Crippen molar-refractivity contribution in [1.29, 1.82) is 0 Å². The van der Waals surface area contributed by atoms with Crippen molar-refractivity contribution in [3.05, 3.63) is 70.9 Å². The van der Waals surface area contributed by atoms with E-state index in [1.54, 1.807) is 12.3 Å². The van der Waals surface area contributed by atoms with Gasteiger partial charge in [0.05, 0.1) is 10.7 Å². The van der Waals surface area contributed by atoms with Crippen molar-refractivity contribution >= 4 is 23.2 Å². The zero-order valence-corrected chi connectivity index (χ0v) is 19.5. The number of hydrogen-bond acceptors (Lipinski definition) is 5. The molecule has 0 spiro atoms. The van der Waals surface area contributed by atoms with Gasteiger partial charge in [-0.1, -0.05) is 17.7 Å². The summed E-state index contributed by atoms with van der Waals surface area (Å²) in [5, 5.41) is 7.17. The lowest BCUT2D eigenvalue weighted by Crippen LogP contribution is -2.36. The molecular formula is C25H28ClF2N5. The van der Waals surface area contributed by atoms with E-state index in [1.165, 1.54) is 12.1 Å². The van der Waals surface area contributed by atoms with Crippen LogP contribution in [0.15, 0.2) is 48.7 Å². The fourth-order valence-electron chi connectivity index (χ4n) is 4.25. The van der Waals surface area contributed by atoms with E-state index in [-0.39, 0.29) is 6.54 Å². The Hall–Kier alpha value is -2.77. The summed E-state index contributed by atoms with van der Waals surface area (Å²) in [5.74, 6) is 0.152. The first-order valence-electron chi connectivity index (χ1n) is 11.1. The van der Waals surface area contributed by atoms with Gasteiger partial charge in [0.2, 0.25) is 0 Å². The Balaban J connectivity index is 1.45. The number of rotatable bonds is 7. The molecule has 174 valence electrons. The molecule has 0 amide bonds. The van der Waals surface area contributed by atoms with Crippen LogP contribution in [0.1, 0.15) is 31.2 Å². The molecule has 0 saturated heterocycles. The zero-order valence-electron chi connectivity index (χ0n) is 18.8. The van der Waals surface area contributed by atoms with Crippen LogP contribution in [0, 0.1) is 11.6 Å². The van der Waals surface area contributed by atoms with Gasteiger partial charge >= 0.3 is 0 Å². The molecule has 3 aromatic rings. The maximum Gasteiger partial charge on any atom is 0.126 e. The van der Waals surface area contributed by atoms with Crippen LogP contribution in [0.2, 0.25) is 5.02 Å². The van der Waals surface area contributed by atoms with Gasteiger partial charge in [0.25, 0.3) is 0 Å². The number of aromatic nitrogens is 2. The molecular weight excluding hydrogens is 444 g/mol. The molecule has 0 aliphatic heterocycles. The molecule has 33 heavy (non-hydrogen) atoms.